The minimum Gasteiger partial charge on any atom is -0.299 e. The third kappa shape index (κ3) is 2.01. The molecule has 0 aliphatic heterocycles. The molecule has 1 rings (SSSR count). The van der Waals surface area contributed by atoms with Gasteiger partial charge in [-0.3, -0.25) is 14.9 Å². The van der Waals surface area contributed by atoms with Gasteiger partial charge in [-0.2, -0.15) is 0 Å². The predicted octanol–water partition coefficient (Wildman–Crippen LogP) is 1.95. The van der Waals surface area contributed by atoms with Gasteiger partial charge in [0, 0.05) is 6.07 Å². The summed E-state index contributed by atoms with van der Waals surface area (Å²) in [5.41, 5.74) is -0.548. The van der Waals surface area contributed by atoms with E-state index in [2.05, 4.69) is 0 Å². The van der Waals surface area contributed by atoms with E-state index in [-0.39, 0.29) is 11.3 Å². The van der Waals surface area contributed by atoms with Gasteiger partial charge in [-0.05, 0) is 18.2 Å². The van der Waals surface area contributed by atoms with Crippen LogP contribution < -0.4 is 0 Å². The number of nitro groups is 1. The van der Waals surface area contributed by atoms with Crippen molar-refractivity contribution in [2.75, 3.05) is 0 Å². The lowest BCUT2D eigenvalue weighted by molar-refractivity contribution is -0.385. The third-order valence-electron chi connectivity index (χ3n) is 1.57. The van der Waals surface area contributed by atoms with Crippen LogP contribution in [0.2, 0.25) is 0 Å². The van der Waals surface area contributed by atoms with Gasteiger partial charge in [0.1, 0.15) is 12.1 Å². The Morgan fingerprint density at radius 3 is 2.71 bits per heavy atom. The van der Waals surface area contributed by atoms with E-state index in [1.807, 2.05) is 0 Å². The van der Waals surface area contributed by atoms with Crippen LogP contribution >= 0.6 is 0 Å². The monoisotopic (exact) mass is 195 g/mol. The van der Waals surface area contributed by atoms with Crippen molar-refractivity contribution in [3.05, 3.63) is 45.8 Å². The van der Waals surface area contributed by atoms with Gasteiger partial charge in [-0.15, -0.1) is 0 Å². The van der Waals surface area contributed by atoms with Crippen LogP contribution in [0.4, 0.5) is 10.1 Å². The average Bonchev–Trinajstić information content (AvgIpc) is 2.15. The Balaban J connectivity index is 3.28. The quantitative estimate of drug-likeness (QED) is 0.320. The molecule has 0 amide bonds. The molecule has 4 nitrogen and oxygen atoms in total. The maximum atomic E-state index is 13.1. The number of allylic oxidation sites excluding steroid dienone is 1. The molecule has 0 unspecified atom stereocenters. The number of hydrogen-bond acceptors (Lipinski definition) is 3. The fraction of sp³-hybridized carbons (Fsp3) is 0. The fourth-order valence-corrected chi connectivity index (χ4v) is 0.985. The first-order chi connectivity index (χ1) is 6.66. The molecule has 5 heteroatoms. The van der Waals surface area contributed by atoms with Gasteiger partial charge in [0.2, 0.25) is 0 Å². The molecule has 1 aromatic rings. The van der Waals surface area contributed by atoms with Crippen molar-refractivity contribution >= 4 is 18.0 Å². The van der Waals surface area contributed by atoms with Crippen molar-refractivity contribution < 1.29 is 14.1 Å². The van der Waals surface area contributed by atoms with Crippen LogP contribution in [0.15, 0.2) is 24.3 Å². The van der Waals surface area contributed by atoms with Gasteiger partial charge in [-0.25, -0.2) is 4.39 Å². The van der Waals surface area contributed by atoms with E-state index in [0.717, 1.165) is 18.2 Å². The molecule has 0 radical (unpaired) electrons. The molecule has 0 aliphatic carbocycles. The van der Waals surface area contributed by atoms with E-state index >= 15 is 0 Å². The van der Waals surface area contributed by atoms with Gasteiger partial charge in [0.25, 0.3) is 5.69 Å². The Kier molecular flexibility index (Phi) is 3.06. The molecule has 1 aromatic carbocycles. The highest BCUT2D eigenvalue weighted by molar-refractivity contribution is 5.76. The van der Waals surface area contributed by atoms with Gasteiger partial charge in [0.05, 0.1) is 10.5 Å². The van der Waals surface area contributed by atoms with Crippen LogP contribution in [-0.4, -0.2) is 11.2 Å². The van der Waals surface area contributed by atoms with E-state index in [9.17, 15) is 19.3 Å². The second-order valence-corrected chi connectivity index (χ2v) is 2.42. The second kappa shape index (κ2) is 4.27. The van der Waals surface area contributed by atoms with Crippen LogP contribution in [0.1, 0.15) is 5.56 Å². The summed E-state index contributed by atoms with van der Waals surface area (Å²) in [6.45, 7) is 0. The summed E-state index contributed by atoms with van der Waals surface area (Å²) in [5, 5.41) is 10.5. The van der Waals surface area contributed by atoms with Crippen LogP contribution in [-0.2, 0) is 4.79 Å². The van der Waals surface area contributed by atoms with E-state index < -0.39 is 10.7 Å². The molecule has 0 spiro atoms. The third-order valence-corrected chi connectivity index (χ3v) is 1.57. The highest BCUT2D eigenvalue weighted by atomic mass is 19.1. The fourth-order valence-electron chi connectivity index (χ4n) is 0.985. The van der Waals surface area contributed by atoms with Crippen molar-refractivity contribution in [1.29, 1.82) is 0 Å². The summed E-state index contributed by atoms with van der Waals surface area (Å²) >= 11 is 0. The zero-order chi connectivity index (χ0) is 10.6. The number of rotatable bonds is 3. The van der Waals surface area contributed by atoms with Crippen LogP contribution in [0.5, 0.6) is 0 Å². The Morgan fingerprint density at radius 1 is 1.43 bits per heavy atom. The number of aldehydes is 1. The summed E-state index contributed by atoms with van der Waals surface area (Å²) in [6, 6.07) is 3.51. The number of halogens is 1. The van der Waals surface area contributed by atoms with Crippen LogP contribution in [0.25, 0.3) is 6.08 Å². The number of carbonyl (C=O) groups is 1. The van der Waals surface area contributed by atoms with Gasteiger partial charge >= 0.3 is 0 Å². The number of hydrogen-bond donors (Lipinski definition) is 0. The molecule has 0 aliphatic rings. The summed E-state index contributed by atoms with van der Waals surface area (Å²) < 4.78 is 13.1. The largest absolute Gasteiger partial charge is 0.299 e. The van der Waals surface area contributed by atoms with Crippen molar-refractivity contribution in [3.8, 4) is 0 Å². The number of nitrogens with zero attached hydrogens (tertiary/aromatic N) is 1. The van der Waals surface area contributed by atoms with E-state index in [0.29, 0.717) is 6.29 Å². The zero-order valence-corrected chi connectivity index (χ0v) is 7.01. The Labute approximate surface area is 78.8 Å². The number of benzene rings is 1. The maximum Gasteiger partial charge on any atom is 0.279 e. The molecule has 0 N–H and O–H groups in total. The molecular weight excluding hydrogens is 189 g/mol. The Morgan fingerprint density at radius 2 is 2.14 bits per heavy atom. The summed E-state index contributed by atoms with van der Waals surface area (Å²) in [7, 11) is 0. The molecular formula is C9H6FNO3. The minimum atomic E-state index is -0.725. The summed E-state index contributed by atoms with van der Waals surface area (Å²) in [6.07, 6.45) is 2.50. The summed E-state index contributed by atoms with van der Waals surface area (Å²) in [5.74, 6) is -0.725. The molecule has 0 fully saturated rings. The van der Waals surface area contributed by atoms with Crippen LogP contribution in [0.3, 0.4) is 0 Å². The zero-order valence-electron chi connectivity index (χ0n) is 7.01. The van der Waals surface area contributed by atoms with Crippen LogP contribution in [0, 0.1) is 15.9 Å². The highest BCUT2D eigenvalue weighted by Gasteiger charge is 2.14. The van der Waals surface area contributed by atoms with E-state index in [4.69, 9.17) is 0 Å². The molecule has 0 aromatic heterocycles. The van der Waals surface area contributed by atoms with Gasteiger partial charge < -0.3 is 0 Å². The van der Waals surface area contributed by atoms with Crippen molar-refractivity contribution in [3.63, 3.8) is 0 Å². The lowest BCUT2D eigenvalue weighted by Gasteiger charge is -1.97. The second-order valence-electron chi connectivity index (χ2n) is 2.42. The van der Waals surface area contributed by atoms with Crippen molar-refractivity contribution in [2.45, 2.75) is 0 Å². The SMILES string of the molecule is O=C/C=C/c1c(F)cccc1[N+](=O)[O-]. The van der Waals surface area contributed by atoms with E-state index in [1.165, 1.54) is 12.1 Å². The Hall–Kier alpha value is -2.04. The molecule has 0 atom stereocenters. The molecule has 72 valence electrons. The summed E-state index contributed by atoms with van der Waals surface area (Å²) in [4.78, 5) is 19.7. The first kappa shape index (κ1) is 10.0. The highest BCUT2D eigenvalue weighted by Crippen LogP contribution is 2.22. The number of carbonyl (C=O) groups excluding carboxylic acids is 1. The molecule has 0 bridgehead atoms. The lowest BCUT2D eigenvalue weighted by Crippen LogP contribution is -1.93. The molecule has 0 saturated carbocycles. The molecule has 0 heterocycles. The average molecular weight is 195 g/mol. The normalized spacial score (nSPS) is 10.4. The van der Waals surface area contributed by atoms with Crippen molar-refractivity contribution in [1.82, 2.24) is 0 Å². The first-order valence-corrected chi connectivity index (χ1v) is 3.71. The van der Waals surface area contributed by atoms with Gasteiger partial charge in [0.15, 0.2) is 0 Å². The van der Waals surface area contributed by atoms with Gasteiger partial charge in [-0.1, -0.05) is 6.07 Å². The molecule has 14 heavy (non-hydrogen) atoms. The Bertz CT molecular complexity index is 401. The van der Waals surface area contributed by atoms with Crippen molar-refractivity contribution in [2.24, 2.45) is 0 Å². The smallest absolute Gasteiger partial charge is 0.279 e. The maximum absolute atomic E-state index is 13.1. The molecule has 0 saturated heterocycles. The predicted molar refractivity (Wildman–Crippen MR) is 48.2 cm³/mol. The lowest BCUT2D eigenvalue weighted by atomic mass is 10.1. The van der Waals surface area contributed by atoms with E-state index in [1.54, 1.807) is 0 Å². The first-order valence-electron chi connectivity index (χ1n) is 3.71. The minimum absolute atomic E-state index is 0.190. The standard InChI is InChI=1S/C9H6FNO3/c10-8-4-1-5-9(11(13)14)7(8)3-2-6-12/h1-6H/b3-2+. The topological polar surface area (TPSA) is 60.2 Å². The number of nitro benzene ring substituents is 1.